The summed E-state index contributed by atoms with van der Waals surface area (Å²) in [5.74, 6) is 0.609. The Bertz CT molecular complexity index is 334. The Morgan fingerprint density at radius 1 is 1.64 bits per heavy atom. The lowest BCUT2D eigenvalue weighted by Gasteiger charge is -1.95. The fraction of sp³-hybridized carbons (Fsp3) is 0.375. The molecule has 0 aromatic carbocycles. The second-order valence-corrected chi connectivity index (χ2v) is 4.48. The van der Waals surface area contributed by atoms with E-state index in [1.165, 1.54) is 11.8 Å². The largest absolute Gasteiger partial charge is 0.271 e. The van der Waals surface area contributed by atoms with Gasteiger partial charge < -0.3 is 0 Å². The smallest absolute Gasteiger partial charge is 0.266 e. The standard InChI is InChI=1S/C8H9BrF2N2S/c1-5-7(9)8(13-12-5)14-4-2-3-6(10)11/h3H,2,4H2,1H3,(H,12,13). The number of nitrogens with one attached hydrogen (secondary N) is 1. The van der Waals surface area contributed by atoms with Crippen LogP contribution in [0.1, 0.15) is 12.1 Å². The van der Waals surface area contributed by atoms with Gasteiger partial charge in [-0.25, -0.2) is 0 Å². The van der Waals surface area contributed by atoms with E-state index in [0.717, 1.165) is 21.3 Å². The van der Waals surface area contributed by atoms with Crippen LogP contribution in [0.5, 0.6) is 0 Å². The molecule has 0 saturated carbocycles. The average molecular weight is 283 g/mol. The third-order valence-electron chi connectivity index (χ3n) is 1.51. The van der Waals surface area contributed by atoms with E-state index >= 15 is 0 Å². The van der Waals surface area contributed by atoms with Crippen LogP contribution in [0, 0.1) is 6.92 Å². The van der Waals surface area contributed by atoms with Crippen LogP contribution < -0.4 is 0 Å². The SMILES string of the molecule is Cc1n[nH]c(SCCC=C(F)F)c1Br. The summed E-state index contributed by atoms with van der Waals surface area (Å²) in [6.07, 6.45) is -0.341. The number of nitrogens with zero attached hydrogens (tertiary/aromatic N) is 1. The highest BCUT2D eigenvalue weighted by atomic mass is 79.9. The highest BCUT2D eigenvalue weighted by Crippen LogP contribution is 2.28. The number of H-pyrrole nitrogens is 1. The van der Waals surface area contributed by atoms with Gasteiger partial charge in [-0.2, -0.15) is 13.9 Å². The fourth-order valence-electron chi connectivity index (χ4n) is 0.822. The van der Waals surface area contributed by atoms with Gasteiger partial charge in [-0.1, -0.05) is 0 Å². The first kappa shape index (κ1) is 11.7. The Labute approximate surface area is 93.3 Å². The number of hydrogen-bond donors (Lipinski definition) is 1. The molecule has 0 bridgehead atoms. The maximum absolute atomic E-state index is 11.7. The van der Waals surface area contributed by atoms with Crippen molar-refractivity contribution in [2.24, 2.45) is 0 Å². The van der Waals surface area contributed by atoms with E-state index in [9.17, 15) is 8.78 Å². The number of aryl methyl sites for hydroxylation is 1. The average Bonchev–Trinajstić information content (AvgIpc) is 2.43. The second kappa shape index (κ2) is 5.50. The van der Waals surface area contributed by atoms with Crippen molar-refractivity contribution >= 4 is 27.7 Å². The minimum atomic E-state index is -1.62. The molecule has 0 saturated heterocycles. The Hall–Kier alpha value is -0.360. The summed E-state index contributed by atoms with van der Waals surface area (Å²) in [6.45, 7) is 1.87. The Kier molecular flexibility index (Phi) is 4.60. The molecule has 14 heavy (non-hydrogen) atoms. The number of hydrogen-bond acceptors (Lipinski definition) is 2. The van der Waals surface area contributed by atoms with Crippen LogP contribution in [0.15, 0.2) is 21.7 Å². The molecule has 1 rings (SSSR count). The zero-order valence-corrected chi connectivity index (χ0v) is 9.88. The van der Waals surface area contributed by atoms with Crippen LogP contribution in [0.2, 0.25) is 0 Å². The van der Waals surface area contributed by atoms with E-state index in [1.807, 2.05) is 6.92 Å². The predicted octanol–water partition coefficient (Wildman–Crippen LogP) is 3.74. The molecule has 1 aromatic rings. The van der Waals surface area contributed by atoms with Crippen molar-refractivity contribution < 1.29 is 8.78 Å². The molecule has 0 atom stereocenters. The topological polar surface area (TPSA) is 28.7 Å². The van der Waals surface area contributed by atoms with Crippen molar-refractivity contribution in [3.8, 4) is 0 Å². The summed E-state index contributed by atoms with van der Waals surface area (Å²) >= 11 is 4.82. The number of thioether (sulfide) groups is 1. The lowest BCUT2D eigenvalue weighted by atomic mass is 10.5. The van der Waals surface area contributed by atoms with Gasteiger partial charge in [0.15, 0.2) is 0 Å². The van der Waals surface area contributed by atoms with Gasteiger partial charge in [0.05, 0.1) is 10.2 Å². The zero-order valence-electron chi connectivity index (χ0n) is 7.48. The molecular formula is C8H9BrF2N2S. The van der Waals surface area contributed by atoms with Gasteiger partial charge in [0, 0.05) is 5.75 Å². The van der Waals surface area contributed by atoms with Gasteiger partial charge in [-0.15, -0.1) is 11.8 Å². The van der Waals surface area contributed by atoms with E-state index in [-0.39, 0.29) is 0 Å². The number of aromatic nitrogens is 2. The number of aromatic amines is 1. The fourth-order valence-corrected chi connectivity index (χ4v) is 2.17. The van der Waals surface area contributed by atoms with Crippen molar-refractivity contribution in [3.05, 3.63) is 22.3 Å². The quantitative estimate of drug-likeness (QED) is 0.673. The zero-order chi connectivity index (χ0) is 10.6. The van der Waals surface area contributed by atoms with Crippen molar-refractivity contribution in [3.63, 3.8) is 0 Å². The Morgan fingerprint density at radius 2 is 2.36 bits per heavy atom. The Balaban J connectivity index is 2.39. The van der Waals surface area contributed by atoms with Gasteiger partial charge in [-0.3, -0.25) is 5.10 Å². The summed E-state index contributed by atoms with van der Waals surface area (Å²) < 4.78 is 24.2. The Morgan fingerprint density at radius 3 is 2.86 bits per heavy atom. The minimum Gasteiger partial charge on any atom is -0.271 e. The number of rotatable bonds is 4. The first-order valence-corrected chi connectivity index (χ1v) is 5.73. The molecule has 0 unspecified atom stereocenters. The number of halogens is 3. The molecule has 0 amide bonds. The molecule has 1 N–H and O–H groups in total. The van der Waals surface area contributed by atoms with Crippen LogP contribution in [0.4, 0.5) is 8.78 Å². The third kappa shape index (κ3) is 3.42. The molecule has 6 heteroatoms. The first-order chi connectivity index (χ1) is 6.61. The summed E-state index contributed by atoms with van der Waals surface area (Å²) in [5.41, 5.74) is 0.875. The van der Waals surface area contributed by atoms with Crippen LogP contribution in [0.3, 0.4) is 0 Å². The minimum absolute atomic E-state index is 0.359. The normalized spacial score (nSPS) is 10.3. The third-order valence-corrected chi connectivity index (χ3v) is 3.76. The van der Waals surface area contributed by atoms with Crippen LogP contribution >= 0.6 is 27.7 Å². The molecule has 78 valence electrons. The highest BCUT2D eigenvalue weighted by molar-refractivity contribution is 9.10. The second-order valence-electron chi connectivity index (χ2n) is 2.58. The molecule has 0 aliphatic heterocycles. The molecule has 0 fully saturated rings. The molecule has 0 aliphatic carbocycles. The van der Waals surface area contributed by atoms with Crippen LogP contribution in [-0.4, -0.2) is 16.0 Å². The molecular weight excluding hydrogens is 274 g/mol. The van der Waals surface area contributed by atoms with E-state index in [0.29, 0.717) is 12.2 Å². The maximum Gasteiger partial charge on any atom is 0.266 e. The van der Waals surface area contributed by atoms with Gasteiger partial charge >= 0.3 is 0 Å². The monoisotopic (exact) mass is 282 g/mol. The van der Waals surface area contributed by atoms with Crippen molar-refractivity contribution in [2.75, 3.05) is 5.75 Å². The molecule has 1 aromatic heterocycles. The van der Waals surface area contributed by atoms with Gasteiger partial charge in [0.1, 0.15) is 5.03 Å². The molecule has 0 aliphatic rings. The number of allylic oxidation sites excluding steroid dienone is 1. The van der Waals surface area contributed by atoms with Gasteiger partial charge in [-0.05, 0) is 35.4 Å². The van der Waals surface area contributed by atoms with E-state index < -0.39 is 6.08 Å². The van der Waals surface area contributed by atoms with Crippen LogP contribution in [0.25, 0.3) is 0 Å². The van der Waals surface area contributed by atoms with Crippen molar-refractivity contribution in [1.29, 1.82) is 0 Å². The summed E-state index contributed by atoms with van der Waals surface area (Å²) in [5, 5.41) is 7.68. The first-order valence-electron chi connectivity index (χ1n) is 3.95. The molecule has 0 spiro atoms. The van der Waals surface area contributed by atoms with Crippen molar-refractivity contribution in [2.45, 2.75) is 18.4 Å². The summed E-state index contributed by atoms with van der Waals surface area (Å²) in [4.78, 5) is 0. The van der Waals surface area contributed by atoms with E-state index in [2.05, 4.69) is 26.1 Å². The van der Waals surface area contributed by atoms with E-state index in [4.69, 9.17) is 0 Å². The van der Waals surface area contributed by atoms with Gasteiger partial charge in [0.2, 0.25) is 0 Å². The lowest BCUT2D eigenvalue weighted by molar-refractivity contribution is 0.418. The molecule has 1 heterocycles. The van der Waals surface area contributed by atoms with Gasteiger partial charge in [0.25, 0.3) is 6.08 Å². The maximum atomic E-state index is 11.7. The predicted molar refractivity (Wildman–Crippen MR) is 56.7 cm³/mol. The summed E-state index contributed by atoms with van der Waals surface area (Å²) in [7, 11) is 0. The molecule has 0 radical (unpaired) electrons. The molecule has 2 nitrogen and oxygen atoms in total. The van der Waals surface area contributed by atoms with Crippen LogP contribution in [-0.2, 0) is 0 Å². The summed E-state index contributed by atoms with van der Waals surface area (Å²) in [6, 6.07) is 0. The lowest BCUT2D eigenvalue weighted by Crippen LogP contribution is -1.78. The van der Waals surface area contributed by atoms with Crippen molar-refractivity contribution in [1.82, 2.24) is 10.2 Å². The highest BCUT2D eigenvalue weighted by Gasteiger charge is 2.06. The van der Waals surface area contributed by atoms with E-state index in [1.54, 1.807) is 0 Å².